The quantitative estimate of drug-likeness (QED) is 0.659. The number of likely N-dealkylation sites (tertiary alicyclic amines) is 1. The minimum Gasteiger partial charge on any atom is -0.390 e. The molecule has 0 bridgehead atoms. The second kappa shape index (κ2) is 10.1. The van der Waals surface area contributed by atoms with Gasteiger partial charge in [-0.25, -0.2) is 0 Å². The van der Waals surface area contributed by atoms with Gasteiger partial charge in [-0.15, -0.1) is 0 Å². The fourth-order valence-corrected chi connectivity index (χ4v) is 5.85. The van der Waals surface area contributed by atoms with Gasteiger partial charge in [-0.3, -0.25) is 19.5 Å². The third-order valence-electron chi connectivity index (χ3n) is 7.95. The third kappa shape index (κ3) is 5.24. The molecule has 1 aromatic heterocycles. The maximum absolute atomic E-state index is 13.6. The van der Waals surface area contributed by atoms with Crippen molar-refractivity contribution in [2.75, 3.05) is 19.6 Å². The molecule has 182 valence electrons. The first kappa shape index (κ1) is 24.1. The summed E-state index contributed by atoms with van der Waals surface area (Å²) in [6, 6.07) is 3.52. The number of piperazine rings is 1. The first-order chi connectivity index (χ1) is 15.8. The predicted molar refractivity (Wildman–Crippen MR) is 127 cm³/mol. The maximum Gasteiger partial charge on any atom is 0.246 e. The summed E-state index contributed by atoms with van der Waals surface area (Å²) in [5.74, 6) is -0.0357. The van der Waals surface area contributed by atoms with Crippen LogP contribution in [0.2, 0.25) is 0 Å². The van der Waals surface area contributed by atoms with Gasteiger partial charge in [0.2, 0.25) is 11.8 Å². The minimum absolute atomic E-state index is 0.00398. The summed E-state index contributed by atoms with van der Waals surface area (Å²) < 4.78 is 0. The van der Waals surface area contributed by atoms with Crippen LogP contribution in [0.1, 0.15) is 82.4 Å². The number of piperidine rings is 1. The highest BCUT2D eigenvalue weighted by atomic mass is 16.3. The van der Waals surface area contributed by atoms with Crippen LogP contribution in [-0.4, -0.2) is 68.5 Å². The highest BCUT2D eigenvalue weighted by Gasteiger charge is 2.54. The Kier molecular flexibility index (Phi) is 7.39. The van der Waals surface area contributed by atoms with Crippen LogP contribution in [0.4, 0.5) is 0 Å². The Balaban J connectivity index is 1.46. The molecule has 1 saturated carbocycles. The molecule has 1 atom stereocenters. The molecule has 2 aliphatic heterocycles. The van der Waals surface area contributed by atoms with E-state index in [4.69, 9.17) is 0 Å². The van der Waals surface area contributed by atoms with Gasteiger partial charge in [0.05, 0.1) is 11.3 Å². The Morgan fingerprint density at radius 1 is 1.12 bits per heavy atom. The molecule has 2 N–H and O–H groups in total. The van der Waals surface area contributed by atoms with Crippen molar-refractivity contribution in [1.29, 1.82) is 0 Å². The number of aromatic nitrogens is 1. The van der Waals surface area contributed by atoms with Gasteiger partial charge in [0, 0.05) is 38.8 Å². The van der Waals surface area contributed by atoms with Gasteiger partial charge < -0.3 is 15.3 Å². The van der Waals surface area contributed by atoms with E-state index in [1.54, 1.807) is 0 Å². The lowest BCUT2D eigenvalue weighted by atomic mass is 9.77. The SMILES string of the molecule is CCCCN1C(=O)[C@@H](CC2(O)CCCCC2)NC(=O)C12CCN(Cc1ccc(C)cn1)CC2. The summed E-state index contributed by atoms with van der Waals surface area (Å²) in [4.78, 5) is 35.9. The molecule has 0 aromatic carbocycles. The van der Waals surface area contributed by atoms with Gasteiger partial charge in [0.1, 0.15) is 11.6 Å². The molecular formula is C26H40N4O3. The van der Waals surface area contributed by atoms with E-state index >= 15 is 0 Å². The van der Waals surface area contributed by atoms with Crippen molar-refractivity contribution in [2.24, 2.45) is 0 Å². The normalized spacial score (nSPS) is 25.3. The van der Waals surface area contributed by atoms with Gasteiger partial charge in [-0.05, 0) is 50.7 Å². The number of hydrogen-bond acceptors (Lipinski definition) is 5. The Morgan fingerprint density at radius 3 is 2.48 bits per heavy atom. The maximum atomic E-state index is 13.6. The molecule has 33 heavy (non-hydrogen) atoms. The van der Waals surface area contributed by atoms with E-state index in [2.05, 4.69) is 34.3 Å². The minimum atomic E-state index is -0.836. The van der Waals surface area contributed by atoms with Gasteiger partial charge in [-0.1, -0.05) is 38.7 Å². The van der Waals surface area contributed by atoms with Crippen LogP contribution in [0.25, 0.3) is 0 Å². The largest absolute Gasteiger partial charge is 0.390 e. The van der Waals surface area contributed by atoms with Crippen molar-refractivity contribution >= 4 is 11.8 Å². The summed E-state index contributed by atoms with van der Waals surface area (Å²) in [5, 5.41) is 14.1. The predicted octanol–water partition coefficient (Wildman–Crippen LogP) is 2.94. The Morgan fingerprint density at radius 2 is 1.85 bits per heavy atom. The molecule has 2 amide bonds. The lowest BCUT2D eigenvalue weighted by Crippen LogP contribution is -2.73. The first-order valence-electron chi connectivity index (χ1n) is 12.8. The molecule has 2 saturated heterocycles. The van der Waals surface area contributed by atoms with Crippen molar-refractivity contribution in [1.82, 2.24) is 20.1 Å². The summed E-state index contributed by atoms with van der Waals surface area (Å²) in [6.07, 6.45) is 9.89. The van der Waals surface area contributed by atoms with Crippen molar-refractivity contribution in [2.45, 2.75) is 102 Å². The molecule has 0 unspecified atom stereocenters. The van der Waals surface area contributed by atoms with Crippen molar-refractivity contribution in [3.8, 4) is 0 Å². The number of nitrogens with one attached hydrogen (secondary N) is 1. The second-order valence-corrected chi connectivity index (χ2v) is 10.5. The zero-order valence-corrected chi connectivity index (χ0v) is 20.3. The lowest BCUT2D eigenvalue weighted by Gasteiger charge is -2.52. The van der Waals surface area contributed by atoms with E-state index in [0.717, 1.165) is 75.8 Å². The first-order valence-corrected chi connectivity index (χ1v) is 12.8. The van der Waals surface area contributed by atoms with E-state index in [1.807, 2.05) is 18.0 Å². The number of unbranched alkanes of at least 4 members (excludes halogenated alkanes) is 1. The highest BCUT2D eigenvalue weighted by molar-refractivity contribution is 6.00. The summed E-state index contributed by atoms with van der Waals surface area (Å²) in [5.41, 5.74) is 0.573. The van der Waals surface area contributed by atoms with E-state index in [0.29, 0.717) is 25.8 Å². The van der Waals surface area contributed by atoms with Crippen LogP contribution >= 0.6 is 0 Å². The number of amides is 2. The van der Waals surface area contributed by atoms with Crippen LogP contribution in [0.3, 0.4) is 0 Å². The average molecular weight is 457 g/mol. The van der Waals surface area contributed by atoms with Crippen LogP contribution < -0.4 is 5.32 Å². The van der Waals surface area contributed by atoms with Crippen LogP contribution in [0.15, 0.2) is 18.3 Å². The molecule has 0 radical (unpaired) electrons. The molecule has 7 nitrogen and oxygen atoms in total. The summed E-state index contributed by atoms with van der Waals surface area (Å²) in [7, 11) is 0. The van der Waals surface area contributed by atoms with Gasteiger partial charge in [0.15, 0.2) is 0 Å². The number of aliphatic hydroxyl groups is 1. The van der Waals surface area contributed by atoms with Gasteiger partial charge in [0.25, 0.3) is 0 Å². The van der Waals surface area contributed by atoms with Gasteiger partial charge >= 0.3 is 0 Å². The number of hydrogen-bond donors (Lipinski definition) is 2. The molecule has 7 heteroatoms. The fraction of sp³-hybridized carbons (Fsp3) is 0.731. The Hall–Kier alpha value is -1.99. The number of nitrogens with zero attached hydrogens (tertiary/aromatic N) is 3. The Labute approximate surface area is 197 Å². The summed E-state index contributed by atoms with van der Waals surface area (Å²) >= 11 is 0. The van der Waals surface area contributed by atoms with Gasteiger partial charge in [-0.2, -0.15) is 0 Å². The van der Waals surface area contributed by atoms with Crippen molar-refractivity contribution in [3.05, 3.63) is 29.6 Å². The molecule has 1 aromatic rings. The van der Waals surface area contributed by atoms with Crippen LogP contribution in [-0.2, 0) is 16.1 Å². The number of rotatable bonds is 7. The molecule has 1 aliphatic carbocycles. The van der Waals surface area contributed by atoms with Crippen molar-refractivity contribution < 1.29 is 14.7 Å². The van der Waals surface area contributed by atoms with Crippen LogP contribution in [0, 0.1) is 6.92 Å². The molecule has 3 heterocycles. The van der Waals surface area contributed by atoms with E-state index in [9.17, 15) is 14.7 Å². The van der Waals surface area contributed by atoms with E-state index in [1.165, 1.54) is 0 Å². The van der Waals surface area contributed by atoms with Crippen LogP contribution in [0.5, 0.6) is 0 Å². The van der Waals surface area contributed by atoms with E-state index < -0.39 is 17.2 Å². The number of aryl methyl sites for hydroxylation is 1. The standard InChI is InChI=1S/C26H40N4O3/c1-3-4-14-30-23(31)22(17-25(33)10-6-5-7-11-25)28-24(32)26(30)12-15-29(16-13-26)19-21-9-8-20(2)18-27-21/h8-9,18,22,33H,3-7,10-17,19H2,1-2H3,(H,28,32)/t22-/m1/s1. The topological polar surface area (TPSA) is 85.8 Å². The molecule has 4 rings (SSSR count). The number of carbonyl (C=O) groups excluding carboxylic acids is 2. The van der Waals surface area contributed by atoms with Crippen molar-refractivity contribution in [3.63, 3.8) is 0 Å². The third-order valence-corrected chi connectivity index (χ3v) is 7.95. The zero-order valence-electron chi connectivity index (χ0n) is 20.3. The monoisotopic (exact) mass is 456 g/mol. The molecule has 1 spiro atoms. The number of carbonyl (C=O) groups is 2. The Bertz CT molecular complexity index is 826. The second-order valence-electron chi connectivity index (χ2n) is 10.5. The molecular weight excluding hydrogens is 416 g/mol. The van der Waals surface area contributed by atoms with E-state index in [-0.39, 0.29) is 11.8 Å². The smallest absolute Gasteiger partial charge is 0.246 e. The molecule has 3 fully saturated rings. The average Bonchev–Trinajstić information content (AvgIpc) is 2.81. The lowest BCUT2D eigenvalue weighted by molar-refractivity contribution is -0.163. The zero-order chi connectivity index (χ0) is 23.5. The number of pyridine rings is 1. The summed E-state index contributed by atoms with van der Waals surface area (Å²) in [6.45, 7) is 7.03. The molecule has 3 aliphatic rings. The highest BCUT2D eigenvalue weighted by Crippen LogP contribution is 2.37. The fourth-order valence-electron chi connectivity index (χ4n) is 5.85.